The van der Waals surface area contributed by atoms with Crippen molar-refractivity contribution in [2.75, 3.05) is 12.4 Å². The standard InChI is InChI=1S/C22H20N4O3/c1-24-19-15(21(27)25(2)22(24)28)12-26-17-10-5-4-9-16(17)23-18(20(19)26)13-7-6-8-14(11-13)29-3/h4-12,18,23H,1-3H3. The van der Waals surface area contributed by atoms with Crippen LogP contribution in [0.1, 0.15) is 17.3 Å². The van der Waals surface area contributed by atoms with Crippen LogP contribution in [0.3, 0.4) is 0 Å². The molecule has 5 rings (SSSR count). The molecule has 4 aromatic rings. The molecule has 1 atom stereocenters. The number of para-hydroxylation sites is 2. The highest BCUT2D eigenvalue weighted by Crippen LogP contribution is 2.40. The third kappa shape index (κ3) is 2.37. The van der Waals surface area contributed by atoms with E-state index in [1.807, 2.05) is 59.3 Å². The molecule has 2 aromatic carbocycles. The Kier molecular flexibility index (Phi) is 3.67. The lowest BCUT2D eigenvalue weighted by Crippen LogP contribution is -2.37. The first-order valence-electron chi connectivity index (χ1n) is 9.32. The molecule has 2 aromatic heterocycles. The zero-order valence-corrected chi connectivity index (χ0v) is 16.3. The summed E-state index contributed by atoms with van der Waals surface area (Å²) in [6, 6.07) is 15.5. The van der Waals surface area contributed by atoms with Crippen molar-refractivity contribution < 1.29 is 4.74 Å². The van der Waals surface area contributed by atoms with Crippen LogP contribution in [0.5, 0.6) is 5.75 Å². The second-order valence-electron chi connectivity index (χ2n) is 7.22. The summed E-state index contributed by atoms with van der Waals surface area (Å²) in [7, 11) is 4.84. The van der Waals surface area contributed by atoms with Gasteiger partial charge in [0.15, 0.2) is 0 Å². The monoisotopic (exact) mass is 388 g/mol. The van der Waals surface area contributed by atoms with Crippen molar-refractivity contribution in [2.45, 2.75) is 6.04 Å². The highest BCUT2D eigenvalue weighted by atomic mass is 16.5. The molecule has 0 radical (unpaired) electrons. The Balaban J connectivity index is 1.91. The van der Waals surface area contributed by atoms with Crippen molar-refractivity contribution in [3.05, 3.63) is 86.8 Å². The van der Waals surface area contributed by atoms with Gasteiger partial charge in [-0.05, 0) is 29.8 Å². The van der Waals surface area contributed by atoms with E-state index in [1.165, 1.54) is 7.05 Å². The maximum atomic E-state index is 12.9. The molecular weight excluding hydrogens is 368 g/mol. The maximum Gasteiger partial charge on any atom is 0.331 e. The van der Waals surface area contributed by atoms with Crippen LogP contribution in [-0.2, 0) is 14.1 Å². The lowest BCUT2D eigenvalue weighted by atomic mass is 9.99. The molecule has 0 fully saturated rings. The van der Waals surface area contributed by atoms with Crippen LogP contribution in [0.15, 0.2) is 64.3 Å². The first kappa shape index (κ1) is 17.4. The smallest absolute Gasteiger partial charge is 0.331 e. The minimum Gasteiger partial charge on any atom is -0.497 e. The fourth-order valence-electron chi connectivity index (χ4n) is 4.18. The van der Waals surface area contributed by atoms with E-state index >= 15 is 0 Å². The van der Waals surface area contributed by atoms with Gasteiger partial charge in [0.2, 0.25) is 0 Å². The molecule has 0 saturated heterocycles. The third-order valence-corrected chi connectivity index (χ3v) is 5.62. The third-order valence-electron chi connectivity index (χ3n) is 5.62. The van der Waals surface area contributed by atoms with Gasteiger partial charge in [0, 0.05) is 20.3 Å². The minimum atomic E-state index is -0.347. The second kappa shape index (κ2) is 6.13. The summed E-state index contributed by atoms with van der Waals surface area (Å²) in [6.07, 6.45) is 1.83. The molecule has 7 nitrogen and oxygen atoms in total. The van der Waals surface area contributed by atoms with Gasteiger partial charge >= 0.3 is 5.69 Å². The summed E-state index contributed by atoms with van der Waals surface area (Å²) >= 11 is 0. The lowest BCUT2D eigenvalue weighted by Gasteiger charge is -2.30. The van der Waals surface area contributed by atoms with Crippen LogP contribution < -0.4 is 21.3 Å². The Morgan fingerprint density at radius 1 is 1.00 bits per heavy atom. The zero-order chi connectivity index (χ0) is 20.3. The van der Waals surface area contributed by atoms with E-state index < -0.39 is 0 Å². The van der Waals surface area contributed by atoms with Crippen LogP contribution >= 0.6 is 0 Å². The molecule has 29 heavy (non-hydrogen) atoms. The van der Waals surface area contributed by atoms with Gasteiger partial charge in [0.25, 0.3) is 5.56 Å². The largest absolute Gasteiger partial charge is 0.497 e. The van der Waals surface area contributed by atoms with Crippen LogP contribution in [0, 0.1) is 0 Å². The molecule has 3 heterocycles. The van der Waals surface area contributed by atoms with E-state index in [1.54, 1.807) is 18.7 Å². The summed E-state index contributed by atoms with van der Waals surface area (Å²) in [5.74, 6) is 0.746. The number of hydrogen-bond acceptors (Lipinski definition) is 4. The predicted octanol–water partition coefficient (Wildman–Crippen LogP) is 2.55. The van der Waals surface area contributed by atoms with Crippen LogP contribution in [-0.4, -0.2) is 20.8 Å². The summed E-state index contributed by atoms with van der Waals surface area (Å²) in [6.45, 7) is 0. The first-order chi connectivity index (χ1) is 14.0. The Morgan fingerprint density at radius 2 is 1.79 bits per heavy atom. The number of ether oxygens (including phenoxy) is 1. The topological polar surface area (TPSA) is 70.2 Å². The fourth-order valence-corrected chi connectivity index (χ4v) is 4.18. The molecule has 7 heteroatoms. The highest BCUT2D eigenvalue weighted by Gasteiger charge is 2.30. The van der Waals surface area contributed by atoms with Gasteiger partial charge in [-0.2, -0.15) is 0 Å². The van der Waals surface area contributed by atoms with Crippen molar-refractivity contribution in [3.63, 3.8) is 0 Å². The molecule has 1 aliphatic heterocycles. The Morgan fingerprint density at radius 3 is 2.59 bits per heavy atom. The zero-order valence-electron chi connectivity index (χ0n) is 16.3. The number of methoxy groups -OCH3 is 1. The number of nitrogens with zero attached hydrogens (tertiary/aromatic N) is 3. The van der Waals surface area contributed by atoms with Gasteiger partial charge in [0.05, 0.1) is 41.1 Å². The average Bonchev–Trinajstić information content (AvgIpc) is 3.17. The van der Waals surface area contributed by atoms with Gasteiger partial charge in [-0.3, -0.25) is 13.9 Å². The Labute approximate surface area is 166 Å². The minimum absolute atomic E-state index is 0.254. The summed E-state index contributed by atoms with van der Waals surface area (Å²) < 4.78 is 10.1. The number of benzene rings is 2. The first-order valence-corrected chi connectivity index (χ1v) is 9.32. The Bertz CT molecular complexity index is 1390. The van der Waals surface area contributed by atoms with Crippen LogP contribution in [0.4, 0.5) is 5.69 Å². The molecule has 1 aliphatic rings. The van der Waals surface area contributed by atoms with Crippen LogP contribution in [0.2, 0.25) is 0 Å². The second-order valence-corrected chi connectivity index (χ2v) is 7.22. The average molecular weight is 388 g/mol. The van der Waals surface area contributed by atoms with Crippen molar-refractivity contribution in [1.29, 1.82) is 0 Å². The van der Waals surface area contributed by atoms with E-state index in [2.05, 4.69) is 5.32 Å². The van der Waals surface area contributed by atoms with Gasteiger partial charge in [-0.1, -0.05) is 24.3 Å². The maximum absolute atomic E-state index is 12.9. The molecule has 0 spiro atoms. The van der Waals surface area contributed by atoms with Gasteiger partial charge in [-0.25, -0.2) is 4.79 Å². The number of fused-ring (bicyclic) bond motifs is 5. The molecular formula is C22H20N4O3. The SMILES string of the molecule is COc1cccc(C2Nc3ccccc3-n3cc4c(=O)n(C)c(=O)n(C)c4c32)c1. The van der Waals surface area contributed by atoms with E-state index in [4.69, 9.17) is 4.74 Å². The van der Waals surface area contributed by atoms with E-state index in [0.717, 1.165) is 32.9 Å². The molecule has 0 aliphatic carbocycles. The predicted molar refractivity (Wildman–Crippen MR) is 112 cm³/mol. The van der Waals surface area contributed by atoms with Crippen LogP contribution in [0.25, 0.3) is 16.6 Å². The van der Waals surface area contributed by atoms with Crippen molar-refractivity contribution in [1.82, 2.24) is 13.7 Å². The molecule has 146 valence electrons. The van der Waals surface area contributed by atoms with E-state index in [-0.39, 0.29) is 17.3 Å². The number of rotatable bonds is 2. The fraction of sp³-hybridized carbons (Fsp3) is 0.182. The van der Waals surface area contributed by atoms with Crippen molar-refractivity contribution in [3.8, 4) is 11.4 Å². The molecule has 0 bridgehead atoms. The molecule has 1 unspecified atom stereocenters. The number of anilines is 1. The van der Waals surface area contributed by atoms with Gasteiger partial charge in [-0.15, -0.1) is 0 Å². The van der Waals surface area contributed by atoms with Crippen molar-refractivity contribution >= 4 is 16.6 Å². The number of aryl methyl sites for hydroxylation is 1. The van der Waals surface area contributed by atoms with Crippen molar-refractivity contribution in [2.24, 2.45) is 14.1 Å². The number of hydrogen-bond donors (Lipinski definition) is 1. The molecule has 1 N–H and O–H groups in total. The summed E-state index contributed by atoms with van der Waals surface area (Å²) in [5.41, 5.74) is 3.71. The quantitative estimate of drug-likeness (QED) is 0.573. The van der Waals surface area contributed by atoms with Gasteiger partial charge < -0.3 is 14.6 Å². The summed E-state index contributed by atoms with van der Waals surface area (Å²) in [4.78, 5) is 25.5. The number of aromatic nitrogens is 3. The normalized spacial score (nSPS) is 14.9. The lowest BCUT2D eigenvalue weighted by molar-refractivity contribution is 0.414. The Hall–Kier alpha value is -3.74. The highest BCUT2D eigenvalue weighted by molar-refractivity contribution is 5.86. The molecule has 0 amide bonds. The molecule has 0 saturated carbocycles. The van der Waals surface area contributed by atoms with E-state index in [9.17, 15) is 9.59 Å². The van der Waals surface area contributed by atoms with Gasteiger partial charge in [0.1, 0.15) is 5.75 Å². The van der Waals surface area contributed by atoms with E-state index in [0.29, 0.717) is 10.9 Å². The number of nitrogens with one attached hydrogen (secondary N) is 1. The summed E-state index contributed by atoms with van der Waals surface area (Å²) in [5, 5.41) is 4.09.